The zero-order valence-corrected chi connectivity index (χ0v) is 12.5. The van der Waals surface area contributed by atoms with E-state index in [2.05, 4.69) is 5.32 Å². The molecule has 0 aliphatic carbocycles. The first-order valence-electron chi connectivity index (χ1n) is 6.13. The highest BCUT2D eigenvalue weighted by Crippen LogP contribution is 2.25. The number of anilines is 2. The number of benzene rings is 2. The molecule has 5 heteroatoms. The predicted molar refractivity (Wildman–Crippen MR) is 86.3 cm³/mol. The van der Waals surface area contributed by atoms with Crippen LogP contribution in [0.4, 0.5) is 11.4 Å². The van der Waals surface area contributed by atoms with Gasteiger partial charge in [-0.1, -0.05) is 11.6 Å². The number of carbonyl (C=O) groups excluding carboxylic acids is 1. The number of halogens is 1. The Labute approximate surface area is 127 Å². The largest absolute Gasteiger partial charge is 0.399 e. The van der Waals surface area contributed by atoms with Gasteiger partial charge in [-0.2, -0.15) is 0 Å². The van der Waals surface area contributed by atoms with Gasteiger partial charge in [0.25, 0.3) is 0 Å². The molecule has 0 radical (unpaired) electrons. The fourth-order valence-corrected chi connectivity index (χ4v) is 2.57. The van der Waals surface area contributed by atoms with E-state index in [-0.39, 0.29) is 11.2 Å². The Kier molecular flexibility index (Phi) is 4.93. The first-order valence-corrected chi connectivity index (χ1v) is 7.39. The van der Waals surface area contributed by atoms with Crippen LogP contribution in [-0.2, 0) is 4.79 Å². The van der Waals surface area contributed by atoms with Gasteiger partial charge in [0.15, 0.2) is 0 Å². The van der Waals surface area contributed by atoms with Gasteiger partial charge in [0.2, 0.25) is 5.91 Å². The number of nitrogen functional groups attached to an aromatic ring is 1. The third-order valence-electron chi connectivity index (χ3n) is 2.67. The molecule has 3 nitrogen and oxygen atoms in total. The molecule has 2 rings (SSSR count). The molecule has 0 aromatic heterocycles. The zero-order valence-electron chi connectivity index (χ0n) is 11.0. The highest BCUT2D eigenvalue weighted by molar-refractivity contribution is 8.00. The molecular weight excluding hydrogens is 292 g/mol. The van der Waals surface area contributed by atoms with Crippen molar-refractivity contribution in [2.45, 2.75) is 17.1 Å². The minimum Gasteiger partial charge on any atom is -0.399 e. The van der Waals surface area contributed by atoms with Gasteiger partial charge in [0, 0.05) is 21.3 Å². The molecule has 1 unspecified atom stereocenters. The average Bonchev–Trinajstić information content (AvgIpc) is 2.44. The maximum atomic E-state index is 12.1. The molecule has 2 aromatic rings. The highest BCUT2D eigenvalue weighted by atomic mass is 35.5. The molecule has 0 bridgehead atoms. The summed E-state index contributed by atoms with van der Waals surface area (Å²) in [5, 5.41) is 3.35. The van der Waals surface area contributed by atoms with Crippen LogP contribution in [0.5, 0.6) is 0 Å². The van der Waals surface area contributed by atoms with E-state index in [9.17, 15) is 4.79 Å². The van der Waals surface area contributed by atoms with E-state index in [4.69, 9.17) is 17.3 Å². The van der Waals surface area contributed by atoms with Gasteiger partial charge in [0.1, 0.15) is 0 Å². The maximum Gasteiger partial charge on any atom is 0.237 e. The molecule has 0 heterocycles. The Morgan fingerprint density at radius 3 is 2.35 bits per heavy atom. The summed E-state index contributed by atoms with van der Waals surface area (Å²) in [6.07, 6.45) is 0. The lowest BCUT2D eigenvalue weighted by Gasteiger charge is -2.12. The second-order valence-electron chi connectivity index (χ2n) is 4.33. The van der Waals surface area contributed by atoms with Crippen molar-refractivity contribution in [1.82, 2.24) is 0 Å². The van der Waals surface area contributed by atoms with E-state index in [0.29, 0.717) is 10.7 Å². The Bertz CT molecular complexity index is 584. The summed E-state index contributed by atoms with van der Waals surface area (Å²) in [6, 6.07) is 14.5. The van der Waals surface area contributed by atoms with Crippen molar-refractivity contribution in [1.29, 1.82) is 0 Å². The second-order valence-corrected chi connectivity index (χ2v) is 6.18. The normalized spacial score (nSPS) is 11.9. The fraction of sp³-hybridized carbons (Fsp3) is 0.133. The van der Waals surface area contributed by atoms with Crippen molar-refractivity contribution in [3.8, 4) is 0 Å². The van der Waals surface area contributed by atoms with Crippen molar-refractivity contribution in [2.75, 3.05) is 11.1 Å². The van der Waals surface area contributed by atoms with E-state index in [1.54, 1.807) is 24.3 Å². The highest BCUT2D eigenvalue weighted by Gasteiger charge is 2.14. The van der Waals surface area contributed by atoms with Crippen LogP contribution in [0.3, 0.4) is 0 Å². The molecular formula is C15H15ClN2OS. The van der Waals surface area contributed by atoms with Gasteiger partial charge in [-0.15, -0.1) is 11.8 Å². The van der Waals surface area contributed by atoms with E-state index >= 15 is 0 Å². The lowest BCUT2D eigenvalue weighted by molar-refractivity contribution is -0.115. The minimum absolute atomic E-state index is 0.0466. The van der Waals surface area contributed by atoms with Gasteiger partial charge >= 0.3 is 0 Å². The fourth-order valence-electron chi connectivity index (χ4n) is 1.58. The standard InChI is InChI=1S/C15H15ClN2OS/c1-10(20-14-8-2-11(16)3-9-14)15(19)18-13-6-4-12(17)5-7-13/h2-10H,17H2,1H3,(H,18,19). The topological polar surface area (TPSA) is 55.1 Å². The van der Waals surface area contributed by atoms with Crippen LogP contribution in [0, 0.1) is 0 Å². The summed E-state index contributed by atoms with van der Waals surface area (Å²) in [6.45, 7) is 1.87. The molecule has 0 fully saturated rings. The van der Waals surface area contributed by atoms with Crippen LogP contribution >= 0.6 is 23.4 Å². The van der Waals surface area contributed by atoms with E-state index < -0.39 is 0 Å². The van der Waals surface area contributed by atoms with E-state index in [1.165, 1.54) is 11.8 Å². The van der Waals surface area contributed by atoms with Crippen LogP contribution in [-0.4, -0.2) is 11.2 Å². The summed E-state index contributed by atoms with van der Waals surface area (Å²) in [4.78, 5) is 13.1. The summed E-state index contributed by atoms with van der Waals surface area (Å²) >= 11 is 7.32. The van der Waals surface area contributed by atoms with Crippen LogP contribution in [0.15, 0.2) is 53.4 Å². The summed E-state index contributed by atoms with van der Waals surface area (Å²) < 4.78 is 0. The van der Waals surface area contributed by atoms with Crippen molar-refractivity contribution in [3.05, 3.63) is 53.6 Å². The number of hydrogen-bond donors (Lipinski definition) is 2. The lowest BCUT2D eigenvalue weighted by Crippen LogP contribution is -2.22. The first kappa shape index (κ1) is 14.8. The number of amides is 1. The molecule has 20 heavy (non-hydrogen) atoms. The zero-order chi connectivity index (χ0) is 14.5. The number of nitrogens with two attached hydrogens (primary N) is 1. The molecule has 3 N–H and O–H groups in total. The van der Waals surface area contributed by atoms with Gasteiger partial charge in [-0.25, -0.2) is 0 Å². The molecule has 104 valence electrons. The molecule has 1 amide bonds. The van der Waals surface area contributed by atoms with Crippen LogP contribution in [0.25, 0.3) is 0 Å². The number of thioether (sulfide) groups is 1. The summed E-state index contributed by atoms with van der Waals surface area (Å²) in [5.41, 5.74) is 7.02. The lowest BCUT2D eigenvalue weighted by atomic mass is 10.3. The molecule has 2 aromatic carbocycles. The maximum absolute atomic E-state index is 12.1. The molecule has 0 saturated heterocycles. The average molecular weight is 307 g/mol. The first-order chi connectivity index (χ1) is 9.54. The van der Waals surface area contributed by atoms with E-state index in [1.807, 2.05) is 31.2 Å². The van der Waals surface area contributed by atoms with E-state index in [0.717, 1.165) is 10.6 Å². The van der Waals surface area contributed by atoms with Gasteiger partial charge < -0.3 is 11.1 Å². The van der Waals surface area contributed by atoms with Crippen molar-refractivity contribution >= 4 is 40.6 Å². The predicted octanol–water partition coefficient (Wildman–Crippen LogP) is 4.04. The Morgan fingerprint density at radius 2 is 1.75 bits per heavy atom. The second kappa shape index (κ2) is 6.68. The smallest absolute Gasteiger partial charge is 0.237 e. The number of rotatable bonds is 4. The van der Waals surface area contributed by atoms with Gasteiger partial charge in [-0.05, 0) is 55.5 Å². The molecule has 0 aliphatic rings. The Balaban J connectivity index is 1.94. The third kappa shape index (κ3) is 4.18. The van der Waals surface area contributed by atoms with Crippen molar-refractivity contribution < 1.29 is 4.79 Å². The van der Waals surface area contributed by atoms with Crippen molar-refractivity contribution in [2.24, 2.45) is 0 Å². The Hall–Kier alpha value is -1.65. The minimum atomic E-state index is -0.200. The Morgan fingerprint density at radius 1 is 1.15 bits per heavy atom. The summed E-state index contributed by atoms with van der Waals surface area (Å²) in [7, 11) is 0. The number of carbonyl (C=O) groups is 1. The van der Waals surface area contributed by atoms with Gasteiger partial charge in [-0.3, -0.25) is 4.79 Å². The van der Waals surface area contributed by atoms with Gasteiger partial charge in [0.05, 0.1) is 5.25 Å². The van der Waals surface area contributed by atoms with Crippen LogP contribution in [0.1, 0.15) is 6.92 Å². The molecule has 0 aliphatic heterocycles. The van der Waals surface area contributed by atoms with Crippen LogP contribution in [0.2, 0.25) is 5.02 Å². The molecule has 1 atom stereocenters. The number of hydrogen-bond acceptors (Lipinski definition) is 3. The molecule has 0 spiro atoms. The SMILES string of the molecule is CC(Sc1ccc(Cl)cc1)C(=O)Nc1ccc(N)cc1. The molecule has 0 saturated carbocycles. The number of nitrogens with one attached hydrogen (secondary N) is 1. The quantitative estimate of drug-likeness (QED) is 0.662. The summed E-state index contributed by atoms with van der Waals surface area (Å²) in [5.74, 6) is -0.0466. The monoisotopic (exact) mass is 306 g/mol. The van der Waals surface area contributed by atoms with Crippen LogP contribution < -0.4 is 11.1 Å². The third-order valence-corrected chi connectivity index (χ3v) is 4.04. The van der Waals surface area contributed by atoms with Crippen molar-refractivity contribution in [3.63, 3.8) is 0 Å².